The molecule has 2 N–H and O–H groups in total. The number of rotatable bonds is 5. The normalized spacial score (nSPS) is 12.2. The molecule has 2 aromatic rings. The van der Waals surface area contributed by atoms with Gasteiger partial charge in [0.2, 0.25) is 0 Å². The number of hydrogen-bond donors (Lipinski definition) is 1. The van der Waals surface area contributed by atoms with Gasteiger partial charge in [0.1, 0.15) is 11.5 Å². The highest BCUT2D eigenvalue weighted by Crippen LogP contribution is 2.25. The molecule has 0 aliphatic carbocycles. The van der Waals surface area contributed by atoms with Crippen molar-refractivity contribution >= 4 is 11.8 Å². The molecule has 0 spiro atoms. The number of ether oxygens (including phenoxy) is 1. The van der Waals surface area contributed by atoms with Crippen LogP contribution in [0.25, 0.3) is 0 Å². The second kappa shape index (κ2) is 6.64. The molecule has 1 atom stereocenters. The molecule has 2 nitrogen and oxygen atoms in total. The minimum atomic E-state index is 0.106. The van der Waals surface area contributed by atoms with Crippen molar-refractivity contribution in [3.05, 3.63) is 54.1 Å². The third kappa shape index (κ3) is 3.75. The average Bonchev–Trinajstić information content (AvgIpc) is 2.48. The third-order valence-electron chi connectivity index (χ3n) is 3.04. The monoisotopic (exact) mass is 273 g/mol. The maximum Gasteiger partial charge on any atom is 0.127 e. The summed E-state index contributed by atoms with van der Waals surface area (Å²) in [5.41, 5.74) is 7.13. The molecule has 0 aliphatic rings. The van der Waals surface area contributed by atoms with E-state index >= 15 is 0 Å². The maximum absolute atomic E-state index is 5.99. The van der Waals surface area contributed by atoms with Gasteiger partial charge in [-0.25, -0.2) is 0 Å². The molecule has 0 saturated heterocycles. The van der Waals surface area contributed by atoms with Crippen molar-refractivity contribution in [2.75, 3.05) is 6.26 Å². The summed E-state index contributed by atoms with van der Waals surface area (Å²) >= 11 is 1.72. The fraction of sp³-hybridized carbons (Fsp3) is 0.250. The van der Waals surface area contributed by atoms with Gasteiger partial charge in [0.15, 0.2) is 0 Å². The van der Waals surface area contributed by atoms with E-state index in [9.17, 15) is 0 Å². The quantitative estimate of drug-likeness (QED) is 0.808. The van der Waals surface area contributed by atoms with Crippen LogP contribution in [0.4, 0.5) is 0 Å². The lowest BCUT2D eigenvalue weighted by atomic mass is 10.1. The molecular formula is C16H19NOS. The Hall–Kier alpha value is -1.45. The molecule has 0 radical (unpaired) electrons. The lowest BCUT2D eigenvalue weighted by molar-refractivity contribution is 0.481. The predicted octanol–water partition coefficient (Wildman–Crippen LogP) is 4.61. The predicted molar refractivity (Wildman–Crippen MR) is 82.0 cm³/mol. The highest BCUT2D eigenvalue weighted by molar-refractivity contribution is 7.98. The molecular weight excluding hydrogens is 254 g/mol. The van der Waals surface area contributed by atoms with E-state index in [0.29, 0.717) is 0 Å². The molecule has 2 aromatic carbocycles. The van der Waals surface area contributed by atoms with Crippen molar-refractivity contribution in [1.82, 2.24) is 0 Å². The summed E-state index contributed by atoms with van der Waals surface area (Å²) in [7, 11) is 0. The van der Waals surface area contributed by atoms with Gasteiger partial charge in [0, 0.05) is 10.9 Å². The lowest BCUT2D eigenvalue weighted by Crippen LogP contribution is -2.07. The lowest BCUT2D eigenvalue weighted by Gasteiger charge is -2.10. The summed E-state index contributed by atoms with van der Waals surface area (Å²) in [4.78, 5) is 1.23. The zero-order valence-electron chi connectivity index (χ0n) is 11.3. The van der Waals surface area contributed by atoms with Gasteiger partial charge in [-0.3, -0.25) is 0 Å². The Morgan fingerprint density at radius 1 is 1.00 bits per heavy atom. The van der Waals surface area contributed by atoms with Gasteiger partial charge >= 0.3 is 0 Å². The zero-order chi connectivity index (χ0) is 13.7. The van der Waals surface area contributed by atoms with Crippen LogP contribution in [0.3, 0.4) is 0 Å². The Kier molecular flexibility index (Phi) is 4.88. The largest absolute Gasteiger partial charge is 0.457 e. The van der Waals surface area contributed by atoms with Crippen molar-refractivity contribution < 1.29 is 4.74 Å². The molecule has 0 heterocycles. The van der Waals surface area contributed by atoms with Crippen LogP contribution in [0.15, 0.2) is 53.4 Å². The van der Waals surface area contributed by atoms with E-state index in [0.717, 1.165) is 23.5 Å². The van der Waals surface area contributed by atoms with E-state index in [1.807, 2.05) is 36.4 Å². The minimum Gasteiger partial charge on any atom is -0.457 e. The van der Waals surface area contributed by atoms with Crippen LogP contribution in [-0.4, -0.2) is 6.26 Å². The van der Waals surface area contributed by atoms with Gasteiger partial charge in [0.25, 0.3) is 0 Å². The smallest absolute Gasteiger partial charge is 0.127 e. The Bertz CT molecular complexity index is 507. The number of nitrogens with two attached hydrogens (primary N) is 1. The fourth-order valence-corrected chi connectivity index (χ4v) is 2.21. The van der Waals surface area contributed by atoms with Crippen LogP contribution < -0.4 is 10.5 Å². The molecule has 100 valence electrons. The standard InChI is InChI=1S/C16H19NOS/c1-3-16(17)12-4-6-13(7-5-12)18-14-8-10-15(19-2)11-9-14/h4-11,16H,3,17H2,1-2H3/t16-/m0/s1. The second-order valence-electron chi connectivity index (χ2n) is 4.36. The molecule has 0 amide bonds. The summed E-state index contributed by atoms with van der Waals surface area (Å²) in [5, 5.41) is 0. The summed E-state index contributed by atoms with van der Waals surface area (Å²) in [6, 6.07) is 16.2. The zero-order valence-corrected chi connectivity index (χ0v) is 12.1. The van der Waals surface area contributed by atoms with Crippen molar-refractivity contribution in [2.24, 2.45) is 5.73 Å². The van der Waals surface area contributed by atoms with Crippen molar-refractivity contribution in [3.8, 4) is 11.5 Å². The van der Waals surface area contributed by atoms with Crippen LogP contribution in [0.1, 0.15) is 24.9 Å². The second-order valence-corrected chi connectivity index (χ2v) is 5.24. The van der Waals surface area contributed by atoms with Gasteiger partial charge in [-0.15, -0.1) is 11.8 Å². The maximum atomic E-state index is 5.99. The Morgan fingerprint density at radius 3 is 2.00 bits per heavy atom. The van der Waals surface area contributed by atoms with Crippen LogP contribution in [0.5, 0.6) is 11.5 Å². The summed E-state index contributed by atoms with van der Waals surface area (Å²) in [6.45, 7) is 2.09. The highest BCUT2D eigenvalue weighted by Gasteiger charge is 2.03. The molecule has 0 unspecified atom stereocenters. The highest BCUT2D eigenvalue weighted by atomic mass is 32.2. The Morgan fingerprint density at radius 2 is 1.53 bits per heavy atom. The summed E-state index contributed by atoms with van der Waals surface area (Å²) < 4.78 is 5.80. The van der Waals surface area contributed by atoms with Gasteiger partial charge in [-0.05, 0) is 54.6 Å². The Balaban J connectivity index is 2.06. The van der Waals surface area contributed by atoms with Gasteiger partial charge in [-0.2, -0.15) is 0 Å². The molecule has 19 heavy (non-hydrogen) atoms. The van der Waals surface area contributed by atoms with Crippen LogP contribution in [0, 0.1) is 0 Å². The summed E-state index contributed by atoms with van der Waals surface area (Å²) in [5.74, 6) is 1.69. The Labute approximate surface area is 119 Å². The fourth-order valence-electron chi connectivity index (χ4n) is 1.80. The molecule has 3 heteroatoms. The van der Waals surface area contributed by atoms with Crippen LogP contribution in [-0.2, 0) is 0 Å². The van der Waals surface area contributed by atoms with Crippen LogP contribution >= 0.6 is 11.8 Å². The minimum absolute atomic E-state index is 0.106. The van der Waals surface area contributed by atoms with Crippen molar-refractivity contribution in [1.29, 1.82) is 0 Å². The molecule has 0 fully saturated rings. The molecule has 0 bridgehead atoms. The van der Waals surface area contributed by atoms with Gasteiger partial charge in [0.05, 0.1) is 0 Å². The van der Waals surface area contributed by atoms with E-state index in [-0.39, 0.29) is 6.04 Å². The van der Waals surface area contributed by atoms with Gasteiger partial charge in [-0.1, -0.05) is 19.1 Å². The van der Waals surface area contributed by atoms with E-state index in [1.54, 1.807) is 11.8 Å². The number of hydrogen-bond acceptors (Lipinski definition) is 3. The first-order valence-electron chi connectivity index (χ1n) is 6.40. The molecule has 0 aliphatic heterocycles. The molecule has 0 saturated carbocycles. The first-order valence-corrected chi connectivity index (χ1v) is 7.63. The number of thioether (sulfide) groups is 1. The average molecular weight is 273 g/mol. The van der Waals surface area contributed by atoms with E-state index in [2.05, 4.69) is 25.3 Å². The SMILES string of the molecule is CC[C@H](N)c1ccc(Oc2ccc(SC)cc2)cc1. The first-order chi connectivity index (χ1) is 9.22. The van der Waals surface area contributed by atoms with Crippen molar-refractivity contribution in [2.45, 2.75) is 24.3 Å². The van der Waals surface area contributed by atoms with E-state index in [4.69, 9.17) is 10.5 Å². The van der Waals surface area contributed by atoms with Gasteiger partial charge < -0.3 is 10.5 Å². The van der Waals surface area contributed by atoms with Crippen LogP contribution in [0.2, 0.25) is 0 Å². The molecule has 0 aromatic heterocycles. The van der Waals surface area contributed by atoms with Crippen molar-refractivity contribution in [3.63, 3.8) is 0 Å². The topological polar surface area (TPSA) is 35.2 Å². The van der Waals surface area contributed by atoms with E-state index in [1.165, 1.54) is 4.90 Å². The summed E-state index contributed by atoms with van der Waals surface area (Å²) in [6.07, 6.45) is 3.00. The molecule has 2 rings (SSSR count). The number of benzene rings is 2. The van der Waals surface area contributed by atoms with E-state index < -0.39 is 0 Å². The third-order valence-corrected chi connectivity index (χ3v) is 3.79. The first kappa shape index (κ1) is 14.0.